The van der Waals surface area contributed by atoms with E-state index in [1.807, 2.05) is 23.6 Å². The number of rotatable bonds is 9. The van der Waals surface area contributed by atoms with Gasteiger partial charge in [0.2, 0.25) is 5.91 Å². The molecule has 0 fully saturated rings. The van der Waals surface area contributed by atoms with Crippen LogP contribution in [0.3, 0.4) is 0 Å². The van der Waals surface area contributed by atoms with E-state index in [2.05, 4.69) is 28.5 Å². The number of anilines is 1. The van der Waals surface area contributed by atoms with E-state index >= 15 is 0 Å². The Morgan fingerprint density at radius 1 is 1.38 bits per heavy atom. The van der Waals surface area contributed by atoms with E-state index in [0.29, 0.717) is 44.8 Å². The minimum Gasteiger partial charge on any atom is -0.484 e. The first kappa shape index (κ1) is 24.6. The maximum absolute atomic E-state index is 12.7. The fourth-order valence-corrected chi connectivity index (χ4v) is 6.40. The number of ether oxygens (including phenoxy) is 1. The summed E-state index contributed by atoms with van der Waals surface area (Å²) in [4.78, 5) is 14.0. The first-order chi connectivity index (χ1) is 16.5. The fourth-order valence-electron chi connectivity index (χ4n) is 4.06. The van der Waals surface area contributed by atoms with E-state index < -0.39 is 0 Å². The number of thiophene rings is 1. The van der Waals surface area contributed by atoms with Gasteiger partial charge in [-0.05, 0) is 49.8 Å². The van der Waals surface area contributed by atoms with Crippen molar-refractivity contribution in [1.29, 1.82) is 5.26 Å². The van der Waals surface area contributed by atoms with Gasteiger partial charge < -0.3 is 14.6 Å². The third-order valence-corrected chi connectivity index (χ3v) is 8.39. The van der Waals surface area contributed by atoms with Crippen LogP contribution in [0, 0.1) is 17.2 Å². The number of benzene rings is 1. The molecule has 2 aromatic heterocycles. The lowest BCUT2D eigenvalue weighted by Gasteiger charge is -2.20. The van der Waals surface area contributed by atoms with Crippen molar-refractivity contribution in [3.05, 3.63) is 51.1 Å². The number of aromatic nitrogens is 3. The maximum Gasteiger partial charge on any atom is 0.235 e. The number of halogens is 1. The van der Waals surface area contributed by atoms with Gasteiger partial charge in [-0.1, -0.05) is 48.8 Å². The summed E-state index contributed by atoms with van der Waals surface area (Å²) >= 11 is 9.02. The molecule has 0 radical (unpaired) electrons. The van der Waals surface area contributed by atoms with Crippen molar-refractivity contribution in [3.63, 3.8) is 0 Å². The molecule has 0 saturated heterocycles. The maximum atomic E-state index is 12.7. The molecule has 1 unspecified atom stereocenters. The van der Waals surface area contributed by atoms with Crippen molar-refractivity contribution in [1.82, 2.24) is 14.8 Å². The van der Waals surface area contributed by atoms with Gasteiger partial charge in [-0.25, -0.2) is 0 Å². The summed E-state index contributed by atoms with van der Waals surface area (Å²) < 4.78 is 7.71. The van der Waals surface area contributed by atoms with Gasteiger partial charge >= 0.3 is 0 Å². The topological polar surface area (TPSA) is 92.8 Å². The molecule has 34 heavy (non-hydrogen) atoms. The van der Waals surface area contributed by atoms with Crippen molar-refractivity contribution >= 4 is 45.6 Å². The highest BCUT2D eigenvalue weighted by Gasteiger charge is 2.26. The van der Waals surface area contributed by atoms with E-state index in [1.54, 1.807) is 23.5 Å². The van der Waals surface area contributed by atoms with Gasteiger partial charge in [0.25, 0.3) is 0 Å². The largest absolute Gasteiger partial charge is 0.484 e. The number of thioether (sulfide) groups is 1. The Labute approximate surface area is 212 Å². The molecule has 0 bridgehead atoms. The predicted molar refractivity (Wildman–Crippen MR) is 136 cm³/mol. The fraction of sp³-hybridized carbons (Fsp3) is 0.417. The summed E-state index contributed by atoms with van der Waals surface area (Å²) in [6, 6.07) is 9.58. The van der Waals surface area contributed by atoms with Crippen molar-refractivity contribution in [3.8, 4) is 11.8 Å². The number of fused-ring (bicyclic) bond motifs is 1. The van der Waals surface area contributed by atoms with Gasteiger partial charge in [-0.2, -0.15) is 5.26 Å². The number of hydrogen-bond donors (Lipinski definition) is 1. The zero-order valence-corrected chi connectivity index (χ0v) is 21.5. The molecule has 2 heterocycles. The quantitative estimate of drug-likeness (QED) is 0.367. The molecule has 0 spiro atoms. The molecule has 178 valence electrons. The van der Waals surface area contributed by atoms with Crippen LogP contribution in [0.15, 0.2) is 29.4 Å². The van der Waals surface area contributed by atoms with Crippen molar-refractivity contribution in [2.75, 3.05) is 11.1 Å². The number of nitrogens with zero attached hydrogens (tertiary/aromatic N) is 4. The summed E-state index contributed by atoms with van der Waals surface area (Å²) in [5, 5.41) is 23.0. The standard InChI is InChI=1S/C24H26ClN5O2S2/c1-3-15-9-10-16-17(12-26)23(34-20(16)11-15)27-22(31)14-33-24-29-28-21(30(24)4-2)13-32-19-8-6-5-7-18(19)25/h5-8,15H,3-4,9-11,13-14H2,1-2H3,(H,27,31). The van der Waals surface area contributed by atoms with Crippen LogP contribution in [0.5, 0.6) is 5.75 Å². The molecule has 0 saturated carbocycles. The zero-order chi connectivity index (χ0) is 24.1. The van der Waals surface area contributed by atoms with Crippen LogP contribution in [-0.2, 0) is 30.8 Å². The molecule has 3 aromatic rings. The minimum absolute atomic E-state index is 0.161. The smallest absolute Gasteiger partial charge is 0.235 e. The van der Waals surface area contributed by atoms with E-state index in [-0.39, 0.29) is 18.3 Å². The molecule has 1 N–H and O–H groups in total. The second-order valence-electron chi connectivity index (χ2n) is 8.04. The Balaban J connectivity index is 1.38. The summed E-state index contributed by atoms with van der Waals surface area (Å²) in [5.41, 5.74) is 1.75. The van der Waals surface area contributed by atoms with Gasteiger partial charge in [-0.15, -0.1) is 21.5 Å². The second kappa shape index (κ2) is 11.3. The minimum atomic E-state index is -0.161. The molecule has 1 aliphatic rings. The lowest BCUT2D eigenvalue weighted by Crippen LogP contribution is -2.15. The second-order valence-corrected chi connectivity index (χ2v) is 10.5. The summed E-state index contributed by atoms with van der Waals surface area (Å²) in [7, 11) is 0. The number of carbonyl (C=O) groups is 1. The van der Waals surface area contributed by atoms with E-state index in [0.717, 1.165) is 31.2 Å². The van der Waals surface area contributed by atoms with Gasteiger partial charge in [0.1, 0.15) is 23.4 Å². The number of nitrogens with one attached hydrogen (secondary N) is 1. The van der Waals surface area contributed by atoms with E-state index in [1.165, 1.54) is 16.6 Å². The predicted octanol–water partition coefficient (Wildman–Crippen LogP) is 5.71. The number of carbonyl (C=O) groups excluding carboxylic acids is 1. The SMILES string of the molecule is CCC1CCc2c(sc(NC(=O)CSc3nnc(COc4ccccc4Cl)n3CC)c2C#N)C1. The van der Waals surface area contributed by atoms with E-state index in [9.17, 15) is 10.1 Å². The van der Waals surface area contributed by atoms with Crippen molar-refractivity contribution in [2.45, 2.75) is 57.8 Å². The first-order valence-corrected chi connectivity index (χ1v) is 13.5. The average Bonchev–Trinajstić information content (AvgIpc) is 3.41. The monoisotopic (exact) mass is 515 g/mol. The third kappa shape index (κ3) is 5.40. The van der Waals surface area contributed by atoms with Crippen molar-refractivity contribution in [2.24, 2.45) is 5.92 Å². The molecule has 1 aromatic carbocycles. The highest BCUT2D eigenvalue weighted by Crippen LogP contribution is 2.40. The third-order valence-electron chi connectivity index (χ3n) is 5.94. The van der Waals surface area contributed by atoms with Crippen LogP contribution < -0.4 is 10.1 Å². The molecule has 4 rings (SSSR count). The van der Waals surface area contributed by atoms with Gasteiger partial charge in [0.15, 0.2) is 11.0 Å². The molecule has 1 amide bonds. The van der Waals surface area contributed by atoms with Crippen molar-refractivity contribution < 1.29 is 9.53 Å². The number of nitriles is 1. The van der Waals surface area contributed by atoms with Crippen LogP contribution in [0.2, 0.25) is 5.02 Å². The number of amides is 1. The summed E-state index contributed by atoms with van der Waals surface area (Å²) in [5.74, 6) is 1.92. The Morgan fingerprint density at radius 2 is 2.21 bits per heavy atom. The summed E-state index contributed by atoms with van der Waals surface area (Å²) in [6.45, 7) is 5.07. The van der Waals surface area contributed by atoms with E-state index in [4.69, 9.17) is 16.3 Å². The zero-order valence-electron chi connectivity index (χ0n) is 19.1. The Morgan fingerprint density at radius 3 is 2.94 bits per heavy atom. The van der Waals surface area contributed by atoms with Crippen LogP contribution in [0.25, 0.3) is 0 Å². The Hall–Kier alpha value is -2.54. The number of hydrogen-bond acceptors (Lipinski definition) is 7. The molecular weight excluding hydrogens is 490 g/mol. The highest BCUT2D eigenvalue weighted by molar-refractivity contribution is 7.99. The first-order valence-electron chi connectivity index (χ1n) is 11.3. The van der Waals surface area contributed by atoms with Gasteiger partial charge in [-0.3, -0.25) is 4.79 Å². The van der Waals surface area contributed by atoms with Gasteiger partial charge in [0.05, 0.1) is 16.3 Å². The van der Waals surface area contributed by atoms with Crippen LogP contribution >= 0.6 is 34.7 Å². The Kier molecular flexibility index (Phi) is 8.14. The average molecular weight is 516 g/mol. The van der Waals surface area contributed by atoms with Crippen LogP contribution in [0.1, 0.15) is 48.5 Å². The Bertz CT molecular complexity index is 1220. The van der Waals surface area contributed by atoms with Gasteiger partial charge in [0, 0.05) is 11.4 Å². The number of para-hydroxylation sites is 1. The van der Waals surface area contributed by atoms with Crippen LogP contribution in [0.4, 0.5) is 5.00 Å². The lowest BCUT2D eigenvalue weighted by atomic mass is 9.86. The molecule has 7 nitrogen and oxygen atoms in total. The molecule has 1 atom stereocenters. The molecule has 0 aliphatic heterocycles. The lowest BCUT2D eigenvalue weighted by molar-refractivity contribution is -0.113. The highest BCUT2D eigenvalue weighted by atomic mass is 35.5. The molecule has 1 aliphatic carbocycles. The molecule has 10 heteroatoms. The summed E-state index contributed by atoms with van der Waals surface area (Å²) in [6.07, 6.45) is 4.15. The normalized spacial score (nSPS) is 14.9. The molecular formula is C24H26ClN5O2S2. The van der Waals surface area contributed by atoms with Crippen LogP contribution in [-0.4, -0.2) is 26.4 Å².